The van der Waals surface area contributed by atoms with E-state index >= 15 is 0 Å². The average Bonchev–Trinajstić information content (AvgIpc) is 2.23. The zero-order valence-corrected chi connectivity index (χ0v) is 9.45. The van der Waals surface area contributed by atoms with Gasteiger partial charge in [-0.25, -0.2) is 0 Å². The Morgan fingerprint density at radius 1 is 1.53 bits per heavy atom. The van der Waals surface area contributed by atoms with Crippen molar-refractivity contribution in [3.8, 4) is 0 Å². The molecule has 1 aromatic carbocycles. The fourth-order valence-corrected chi connectivity index (χ4v) is 2.49. The Labute approximate surface area is 91.5 Å². The Morgan fingerprint density at radius 2 is 2.33 bits per heavy atom. The van der Waals surface area contributed by atoms with Crippen molar-refractivity contribution in [3.63, 3.8) is 0 Å². The number of hydrogen-bond acceptors (Lipinski definition) is 2. The lowest BCUT2D eigenvalue weighted by molar-refractivity contribution is 0.0823. The first-order valence-electron chi connectivity index (χ1n) is 5.51. The normalized spacial score (nSPS) is 19.9. The summed E-state index contributed by atoms with van der Waals surface area (Å²) < 4.78 is 0. The fourth-order valence-electron chi connectivity index (χ4n) is 2.49. The lowest BCUT2D eigenvalue weighted by atomic mass is 9.83. The lowest BCUT2D eigenvalue weighted by Gasteiger charge is -2.43. The van der Waals surface area contributed by atoms with E-state index in [-0.39, 0.29) is 12.1 Å². The van der Waals surface area contributed by atoms with Crippen molar-refractivity contribution in [1.29, 1.82) is 0 Å². The van der Waals surface area contributed by atoms with Crippen LogP contribution in [0.5, 0.6) is 0 Å². The third-order valence-corrected chi connectivity index (χ3v) is 3.42. The molecule has 1 aliphatic rings. The van der Waals surface area contributed by atoms with Gasteiger partial charge in [-0.15, -0.1) is 0 Å². The van der Waals surface area contributed by atoms with Crippen LogP contribution in [0.25, 0.3) is 0 Å². The third kappa shape index (κ3) is 1.80. The number of nitrogens with zero attached hydrogens (tertiary/aromatic N) is 1. The van der Waals surface area contributed by atoms with Crippen molar-refractivity contribution in [1.82, 2.24) is 4.90 Å². The summed E-state index contributed by atoms with van der Waals surface area (Å²) in [4.78, 5) is 2.34. The number of fused-ring (bicyclic) bond motifs is 1. The minimum absolute atomic E-state index is 0.0331. The summed E-state index contributed by atoms with van der Waals surface area (Å²) >= 11 is 0. The molecule has 0 saturated heterocycles. The van der Waals surface area contributed by atoms with Crippen molar-refractivity contribution in [2.45, 2.75) is 25.8 Å². The largest absolute Gasteiger partial charge is 0.395 e. The summed E-state index contributed by atoms with van der Waals surface area (Å²) in [6, 6.07) is 9.35. The highest BCUT2D eigenvalue weighted by Gasteiger charge is 2.33. The van der Waals surface area contributed by atoms with Gasteiger partial charge in [-0.1, -0.05) is 18.2 Å². The molecule has 1 aromatic rings. The van der Waals surface area contributed by atoms with Gasteiger partial charge < -0.3 is 5.11 Å². The molecule has 0 bridgehead atoms. The summed E-state index contributed by atoms with van der Waals surface area (Å²) in [5.74, 6) is 0. The van der Waals surface area contributed by atoms with E-state index in [2.05, 4.69) is 36.9 Å². The molecule has 0 spiro atoms. The highest BCUT2D eigenvalue weighted by Crippen LogP contribution is 2.34. The molecule has 0 saturated carbocycles. The first-order valence-corrected chi connectivity index (χ1v) is 5.51. The molecule has 81 valence electrons. The molecule has 0 unspecified atom stereocenters. The van der Waals surface area contributed by atoms with Gasteiger partial charge in [-0.3, -0.25) is 4.90 Å². The van der Waals surface area contributed by atoms with Gasteiger partial charge in [-0.05, 0) is 37.5 Å². The van der Waals surface area contributed by atoms with Gasteiger partial charge in [0.2, 0.25) is 0 Å². The summed E-state index contributed by atoms with van der Waals surface area (Å²) in [7, 11) is 0. The second kappa shape index (κ2) is 3.95. The van der Waals surface area contributed by atoms with Crippen molar-refractivity contribution < 1.29 is 5.11 Å². The Bertz CT molecular complexity index is 346. The Kier molecular flexibility index (Phi) is 2.81. The Hall–Kier alpha value is -0.860. The molecule has 15 heavy (non-hydrogen) atoms. The van der Waals surface area contributed by atoms with Crippen LogP contribution in [0.1, 0.15) is 25.0 Å². The lowest BCUT2D eigenvalue weighted by Crippen LogP contribution is -2.47. The van der Waals surface area contributed by atoms with Gasteiger partial charge >= 0.3 is 0 Å². The number of hydrogen-bond donors (Lipinski definition) is 1. The Balaban J connectivity index is 2.36. The second-order valence-corrected chi connectivity index (χ2v) is 4.60. The number of rotatable bonds is 2. The average molecular weight is 204 g/mol. The molecule has 1 N–H and O–H groups in total. The zero-order valence-electron chi connectivity index (χ0n) is 9.45. The van der Waals surface area contributed by atoms with E-state index in [0.717, 1.165) is 19.5 Å². The van der Waals surface area contributed by atoms with Crippen LogP contribution < -0.4 is 0 Å². The molecule has 1 heterocycles. The minimum atomic E-state index is 0.0331. The van der Waals surface area contributed by atoms with Crippen molar-refractivity contribution in [2.24, 2.45) is 0 Å². The number of benzene rings is 1. The van der Waals surface area contributed by atoms with Crippen LogP contribution in [-0.4, -0.2) is 29.7 Å². The second-order valence-electron chi connectivity index (χ2n) is 4.60. The van der Waals surface area contributed by atoms with Gasteiger partial charge in [0.25, 0.3) is 0 Å². The molecule has 2 heteroatoms. The van der Waals surface area contributed by atoms with E-state index in [4.69, 9.17) is 5.11 Å². The predicted molar refractivity (Wildman–Crippen MR) is 60.7 cm³/mol. The molecule has 1 aliphatic heterocycles. The first kappa shape index (κ1) is 10.7. The fraction of sp³-hybridized carbons (Fsp3) is 0.538. The van der Waals surface area contributed by atoms with Crippen LogP contribution >= 0.6 is 0 Å². The molecule has 1 radical (unpaired) electrons. The molecular formula is C13H18NO. The van der Waals surface area contributed by atoms with Crippen LogP contribution in [0.3, 0.4) is 0 Å². The van der Waals surface area contributed by atoms with E-state index in [0.29, 0.717) is 0 Å². The van der Waals surface area contributed by atoms with Crippen molar-refractivity contribution in [3.05, 3.63) is 35.4 Å². The monoisotopic (exact) mass is 204 g/mol. The number of aliphatic hydroxyl groups is 1. The molecule has 0 aromatic heterocycles. The Morgan fingerprint density at radius 3 is 3.07 bits per heavy atom. The van der Waals surface area contributed by atoms with Gasteiger partial charge in [0, 0.05) is 18.6 Å². The molecule has 0 fully saturated rings. The highest BCUT2D eigenvalue weighted by molar-refractivity contribution is 5.34. The molecular weight excluding hydrogens is 186 g/mol. The van der Waals surface area contributed by atoms with E-state index in [1.807, 2.05) is 6.07 Å². The van der Waals surface area contributed by atoms with Gasteiger partial charge in [0.15, 0.2) is 0 Å². The van der Waals surface area contributed by atoms with E-state index in [9.17, 15) is 0 Å². The number of aliphatic hydroxyl groups excluding tert-OH is 1. The van der Waals surface area contributed by atoms with Crippen molar-refractivity contribution >= 4 is 0 Å². The quantitative estimate of drug-likeness (QED) is 0.790. The third-order valence-electron chi connectivity index (χ3n) is 3.42. The van der Waals surface area contributed by atoms with Crippen LogP contribution in [0.15, 0.2) is 18.2 Å². The minimum Gasteiger partial charge on any atom is -0.395 e. The summed E-state index contributed by atoms with van der Waals surface area (Å²) in [6.07, 6.45) is 1.07. The van der Waals surface area contributed by atoms with Crippen molar-refractivity contribution in [2.75, 3.05) is 19.7 Å². The summed E-state index contributed by atoms with van der Waals surface area (Å²) in [5, 5.41) is 9.05. The van der Waals surface area contributed by atoms with Crippen LogP contribution in [0.2, 0.25) is 0 Å². The van der Waals surface area contributed by atoms with Crippen LogP contribution in [0.4, 0.5) is 0 Å². The maximum Gasteiger partial charge on any atom is 0.0558 e. The van der Waals surface area contributed by atoms with Gasteiger partial charge in [0.1, 0.15) is 0 Å². The SMILES string of the molecule is CC1(C)c2cc[c]cc2CCN1CCO. The van der Waals surface area contributed by atoms with Crippen LogP contribution in [-0.2, 0) is 12.0 Å². The molecule has 0 amide bonds. The van der Waals surface area contributed by atoms with Crippen LogP contribution in [0, 0.1) is 6.07 Å². The smallest absolute Gasteiger partial charge is 0.0558 e. The van der Waals surface area contributed by atoms with E-state index < -0.39 is 0 Å². The van der Waals surface area contributed by atoms with Gasteiger partial charge in [-0.2, -0.15) is 0 Å². The standard InChI is InChI=1S/C13H18NO/c1-13(2)12-6-4-3-5-11(12)7-8-14(13)9-10-15/h4-6,15H,7-10H2,1-2H3. The summed E-state index contributed by atoms with van der Waals surface area (Å²) in [5.41, 5.74) is 2.81. The molecule has 2 nitrogen and oxygen atoms in total. The zero-order chi connectivity index (χ0) is 10.9. The topological polar surface area (TPSA) is 23.5 Å². The first-order chi connectivity index (χ1) is 7.16. The maximum absolute atomic E-state index is 9.05. The van der Waals surface area contributed by atoms with Gasteiger partial charge in [0.05, 0.1) is 6.61 Å². The van der Waals surface area contributed by atoms with E-state index in [1.54, 1.807) is 0 Å². The molecule has 0 atom stereocenters. The molecule has 0 aliphatic carbocycles. The highest BCUT2D eigenvalue weighted by atomic mass is 16.3. The number of β-amino-alcohol motifs (C(OH)–C–C–N with tert-alkyl or cyclic N) is 1. The van der Waals surface area contributed by atoms with E-state index in [1.165, 1.54) is 11.1 Å². The maximum atomic E-state index is 9.05. The summed E-state index contributed by atoms with van der Waals surface area (Å²) in [6.45, 7) is 6.46. The predicted octanol–water partition coefficient (Wildman–Crippen LogP) is 1.57. The molecule has 2 rings (SSSR count).